The monoisotopic (exact) mass is 240 g/mol. The van der Waals surface area contributed by atoms with Crippen molar-refractivity contribution in [1.29, 1.82) is 0 Å². The molecule has 1 atom stereocenters. The first-order valence-electron chi connectivity index (χ1n) is 6.56. The molecule has 0 radical (unpaired) electrons. The lowest BCUT2D eigenvalue weighted by atomic mass is 10.0. The van der Waals surface area contributed by atoms with Crippen LogP contribution in [0.3, 0.4) is 0 Å². The molecular weight excluding hydrogens is 216 g/mol. The predicted molar refractivity (Wildman–Crippen MR) is 67.6 cm³/mol. The number of unbranched alkanes of at least 4 members (excludes halogenated alkanes) is 1. The van der Waals surface area contributed by atoms with E-state index in [0.717, 1.165) is 12.4 Å². The predicted octanol–water partition coefficient (Wildman–Crippen LogP) is 3.50. The van der Waals surface area contributed by atoms with Crippen molar-refractivity contribution < 1.29 is 14.3 Å². The van der Waals surface area contributed by atoms with Crippen LogP contribution < -0.4 is 0 Å². The summed E-state index contributed by atoms with van der Waals surface area (Å²) in [6, 6.07) is 3.64. The van der Waals surface area contributed by atoms with Crippen LogP contribution in [0.15, 0.2) is 16.5 Å². The van der Waals surface area contributed by atoms with Gasteiger partial charge in [0.2, 0.25) is 0 Å². The quantitative estimate of drug-likeness (QED) is 0.718. The molecule has 0 amide bonds. The SMILES string of the molecule is CCCCC(CC)COCc1ccc(CO)o1. The molecule has 0 fully saturated rings. The van der Waals surface area contributed by atoms with Crippen molar-refractivity contribution in [2.45, 2.75) is 52.7 Å². The zero-order chi connectivity index (χ0) is 12.5. The first kappa shape index (κ1) is 14.3. The Morgan fingerprint density at radius 3 is 2.65 bits per heavy atom. The molecule has 1 rings (SSSR count). The molecule has 98 valence electrons. The molecule has 0 spiro atoms. The molecule has 1 N–H and O–H groups in total. The van der Waals surface area contributed by atoms with Gasteiger partial charge in [0, 0.05) is 6.61 Å². The van der Waals surface area contributed by atoms with Gasteiger partial charge in [-0.1, -0.05) is 33.1 Å². The van der Waals surface area contributed by atoms with E-state index in [1.54, 1.807) is 6.07 Å². The van der Waals surface area contributed by atoms with Gasteiger partial charge in [-0.3, -0.25) is 0 Å². The van der Waals surface area contributed by atoms with E-state index < -0.39 is 0 Å². The molecule has 1 aromatic rings. The van der Waals surface area contributed by atoms with Crippen LogP contribution in [0.2, 0.25) is 0 Å². The van der Waals surface area contributed by atoms with Crippen LogP contribution >= 0.6 is 0 Å². The molecule has 1 unspecified atom stereocenters. The largest absolute Gasteiger partial charge is 0.461 e. The third kappa shape index (κ3) is 5.37. The second kappa shape index (κ2) is 8.31. The molecule has 0 aliphatic carbocycles. The molecule has 17 heavy (non-hydrogen) atoms. The minimum Gasteiger partial charge on any atom is -0.461 e. The van der Waals surface area contributed by atoms with E-state index in [1.807, 2.05) is 6.07 Å². The number of furan rings is 1. The second-order valence-electron chi connectivity index (χ2n) is 4.46. The highest BCUT2D eigenvalue weighted by molar-refractivity contribution is 5.05. The maximum atomic E-state index is 8.87. The number of hydrogen-bond donors (Lipinski definition) is 1. The highest BCUT2D eigenvalue weighted by Crippen LogP contribution is 2.14. The Bertz CT molecular complexity index is 293. The van der Waals surface area contributed by atoms with Crippen LogP contribution in [0, 0.1) is 5.92 Å². The Kier molecular flexibility index (Phi) is 6.97. The van der Waals surface area contributed by atoms with Gasteiger partial charge in [-0.2, -0.15) is 0 Å². The highest BCUT2D eigenvalue weighted by Gasteiger charge is 2.07. The molecule has 3 nitrogen and oxygen atoms in total. The third-order valence-electron chi connectivity index (χ3n) is 3.01. The summed E-state index contributed by atoms with van der Waals surface area (Å²) >= 11 is 0. The Hall–Kier alpha value is -0.800. The van der Waals surface area contributed by atoms with Gasteiger partial charge >= 0.3 is 0 Å². The number of hydrogen-bond acceptors (Lipinski definition) is 3. The smallest absolute Gasteiger partial charge is 0.129 e. The van der Waals surface area contributed by atoms with Crippen molar-refractivity contribution >= 4 is 0 Å². The topological polar surface area (TPSA) is 42.6 Å². The Labute approximate surface area is 104 Å². The summed E-state index contributed by atoms with van der Waals surface area (Å²) in [6.45, 7) is 5.68. The van der Waals surface area contributed by atoms with Crippen LogP contribution in [0.1, 0.15) is 51.1 Å². The normalized spacial score (nSPS) is 12.9. The summed E-state index contributed by atoms with van der Waals surface area (Å²) in [5, 5.41) is 8.87. The van der Waals surface area contributed by atoms with Crippen molar-refractivity contribution in [3.8, 4) is 0 Å². The van der Waals surface area contributed by atoms with E-state index in [2.05, 4.69) is 13.8 Å². The van der Waals surface area contributed by atoms with Gasteiger partial charge in [0.25, 0.3) is 0 Å². The van der Waals surface area contributed by atoms with Crippen molar-refractivity contribution in [3.05, 3.63) is 23.7 Å². The average molecular weight is 240 g/mol. The second-order valence-corrected chi connectivity index (χ2v) is 4.46. The lowest BCUT2D eigenvalue weighted by Crippen LogP contribution is -2.08. The average Bonchev–Trinajstić information content (AvgIpc) is 2.81. The maximum Gasteiger partial charge on any atom is 0.129 e. The molecule has 0 aliphatic heterocycles. The van der Waals surface area contributed by atoms with Crippen molar-refractivity contribution in [2.75, 3.05) is 6.61 Å². The molecule has 3 heteroatoms. The van der Waals surface area contributed by atoms with Crippen molar-refractivity contribution in [2.24, 2.45) is 5.92 Å². The summed E-state index contributed by atoms with van der Waals surface area (Å²) in [5.41, 5.74) is 0. The van der Waals surface area contributed by atoms with E-state index in [-0.39, 0.29) is 6.61 Å². The van der Waals surface area contributed by atoms with Crippen LogP contribution in [0.5, 0.6) is 0 Å². The van der Waals surface area contributed by atoms with Gasteiger partial charge in [0.1, 0.15) is 24.7 Å². The maximum absolute atomic E-state index is 8.87. The van der Waals surface area contributed by atoms with E-state index in [4.69, 9.17) is 14.3 Å². The Morgan fingerprint density at radius 2 is 2.06 bits per heavy atom. The molecule has 0 saturated heterocycles. The zero-order valence-electron chi connectivity index (χ0n) is 10.9. The number of ether oxygens (including phenoxy) is 1. The van der Waals surface area contributed by atoms with E-state index in [0.29, 0.717) is 18.3 Å². The molecule has 0 bridgehead atoms. The third-order valence-corrected chi connectivity index (χ3v) is 3.01. The number of rotatable bonds is 9. The lowest BCUT2D eigenvalue weighted by molar-refractivity contribution is 0.0693. The van der Waals surface area contributed by atoms with Gasteiger partial charge in [-0.25, -0.2) is 0 Å². The summed E-state index contributed by atoms with van der Waals surface area (Å²) in [6.07, 6.45) is 4.93. The standard InChI is InChI=1S/C14H24O3/c1-3-5-6-12(4-2)10-16-11-14-8-7-13(9-15)17-14/h7-8,12,15H,3-6,9-11H2,1-2H3. The van der Waals surface area contributed by atoms with Crippen molar-refractivity contribution in [3.63, 3.8) is 0 Å². The van der Waals surface area contributed by atoms with Gasteiger partial charge in [0.05, 0.1) is 0 Å². The van der Waals surface area contributed by atoms with Crippen LogP contribution in [0.25, 0.3) is 0 Å². The fourth-order valence-electron chi connectivity index (χ4n) is 1.81. The van der Waals surface area contributed by atoms with Crippen LogP contribution in [-0.2, 0) is 18.0 Å². The fourth-order valence-corrected chi connectivity index (χ4v) is 1.81. The molecule has 1 aromatic heterocycles. The van der Waals surface area contributed by atoms with Crippen LogP contribution in [-0.4, -0.2) is 11.7 Å². The Morgan fingerprint density at radius 1 is 1.29 bits per heavy atom. The first-order chi connectivity index (χ1) is 8.30. The number of aliphatic hydroxyl groups is 1. The Balaban J connectivity index is 2.21. The first-order valence-corrected chi connectivity index (χ1v) is 6.56. The minimum absolute atomic E-state index is 0.0475. The van der Waals surface area contributed by atoms with Crippen molar-refractivity contribution in [1.82, 2.24) is 0 Å². The summed E-state index contributed by atoms with van der Waals surface area (Å²) in [4.78, 5) is 0. The van der Waals surface area contributed by atoms with E-state index in [1.165, 1.54) is 25.7 Å². The van der Waals surface area contributed by atoms with Gasteiger partial charge in [-0.05, 0) is 24.5 Å². The summed E-state index contributed by atoms with van der Waals surface area (Å²) in [5.74, 6) is 2.04. The zero-order valence-corrected chi connectivity index (χ0v) is 10.9. The molecule has 1 heterocycles. The van der Waals surface area contributed by atoms with Gasteiger partial charge in [-0.15, -0.1) is 0 Å². The minimum atomic E-state index is -0.0475. The van der Waals surface area contributed by atoms with E-state index in [9.17, 15) is 0 Å². The summed E-state index contributed by atoms with van der Waals surface area (Å²) < 4.78 is 11.0. The number of aliphatic hydroxyl groups excluding tert-OH is 1. The molecule has 0 aromatic carbocycles. The van der Waals surface area contributed by atoms with E-state index >= 15 is 0 Å². The van der Waals surface area contributed by atoms with Gasteiger partial charge in [0.15, 0.2) is 0 Å². The van der Waals surface area contributed by atoms with Crippen LogP contribution in [0.4, 0.5) is 0 Å². The highest BCUT2D eigenvalue weighted by atomic mass is 16.5. The lowest BCUT2D eigenvalue weighted by Gasteiger charge is -2.13. The van der Waals surface area contributed by atoms with Gasteiger partial charge < -0.3 is 14.3 Å². The molecular formula is C14H24O3. The molecule has 0 saturated carbocycles. The summed E-state index contributed by atoms with van der Waals surface area (Å²) in [7, 11) is 0. The molecule has 0 aliphatic rings. The fraction of sp³-hybridized carbons (Fsp3) is 0.714.